The summed E-state index contributed by atoms with van der Waals surface area (Å²) in [5.74, 6) is 1.28. The van der Waals surface area contributed by atoms with E-state index in [9.17, 15) is 9.59 Å². The third kappa shape index (κ3) is 3.76. The van der Waals surface area contributed by atoms with Crippen LogP contribution in [0, 0.1) is 0 Å². The minimum atomic E-state index is -0.208. The summed E-state index contributed by atoms with van der Waals surface area (Å²) >= 11 is 0. The van der Waals surface area contributed by atoms with Gasteiger partial charge in [0.05, 0.1) is 6.54 Å². The van der Waals surface area contributed by atoms with Crippen molar-refractivity contribution in [3.05, 3.63) is 53.5 Å². The molecule has 1 aromatic heterocycles. The van der Waals surface area contributed by atoms with Gasteiger partial charge in [-0.3, -0.25) is 9.59 Å². The number of rotatable bonds is 5. The Hall–Kier alpha value is -2.76. The second-order valence-corrected chi connectivity index (χ2v) is 5.84. The molecule has 1 N–H and O–H groups in total. The number of hydrogen-bond donors (Lipinski definition) is 1. The van der Waals surface area contributed by atoms with Crippen molar-refractivity contribution in [2.75, 3.05) is 18.0 Å². The Morgan fingerprint density at radius 1 is 1.08 bits per heavy atom. The van der Waals surface area contributed by atoms with Crippen LogP contribution in [-0.2, 0) is 6.54 Å². The van der Waals surface area contributed by atoms with E-state index in [0.29, 0.717) is 17.0 Å². The minimum absolute atomic E-state index is 0.0194. The van der Waals surface area contributed by atoms with Gasteiger partial charge in [-0.15, -0.1) is 0 Å². The molecule has 1 aliphatic heterocycles. The van der Waals surface area contributed by atoms with Crippen LogP contribution in [0.4, 0.5) is 5.82 Å². The number of aromatic nitrogens is 2. The molecule has 1 saturated heterocycles. The first kappa shape index (κ1) is 16.1. The van der Waals surface area contributed by atoms with Gasteiger partial charge in [0.25, 0.3) is 5.91 Å². The molecule has 6 heteroatoms. The molecule has 6 nitrogen and oxygen atoms in total. The first-order valence-corrected chi connectivity index (χ1v) is 8.09. The maximum absolute atomic E-state index is 12.2. The van der Waals surface area contributed by atoms with E-state index in [1.54, 1.807) is 30.5 Å². The lowest BCUT2D eigenvalue weighted by molar-refractivity contribution is 0.0947. The summed E-state index contributed by atoms with van der Waals surface area (Å²) in [6, 6.07) is 8.50. The molecule has 0 aliphatic carbocycles. The zero-order valence-electron chi connectivity index (χ0n) is 13.7. The summed E-state index contributed by atoms with van der Waals surface area (Å²) < 4.78 is 0. The Balaban J connectivity index is 1.61. The number of hydrogen-bond acceptors (Lipinski definition) is 5. The number of amides is 1. The van der Waals surface area contributed by atoms with Crippen LogP contribution in [0.5, 0.6) is 0 Å². The fraction of sp³-hybridized carbons (Fsp3) is 0.333. The maximum atomic E-state index is 12.2. The van der Waals surface area contributed by atoms with E-state index >= 15 is 0 Å². The number of nitrogens with one attached hydrogen (secondary N) is 1. The third-order valence-corrected chi connectivity index (χ3v) is 4.08. The highest BCUT2D eigenvalue weighted by Gasteiger charge is 2.14. The molecule has 1 fully saturated rings. The average Bonchev–Trinajstić information content (AvgIpc) is 3.15. The predicted octanol–water partition coefficient (Wildman–Crippen LogP) is 2.21. The molecule has 124 valence electrons. The van der Waals surface area contributed by atoms with Crippen LogP contribution in [-0.4, -0.2) is 34.7 Å². The molecule has 2 heterocycles. The van der Waals surface area contributed by atoms with E-state index in [-0.39, 0.29) is 18.2 Å². The number of benzene rings is 1. The minimum Gasteiger partial charge on any atom is -0.357 e. The van der Waals surface area contributed by atoms with Crippen LogP contribution >= 0.6 is 0 Å². The van der Waals surface area contributed by atoms with Gasteiger partial charge in [0.2, 0.25) is 0 Å². The first-order valence-electron chi connectivity index (χ1n) is 8.09. The molecule has 0 bridgehead atoms. The Morgan fingerprint density at radius 2 is 1.75 bits per heavy atom. The van der Waals surface area contributed by atoms with Gasteiger partial charge in [0.15, 0.2) is 5.78 Å². The molecule has 1 aliphatic rings. The summed E-state index contributed by atoms with van der Waals surface area (Å²) in [4.78, 5) is 34.4. The summed E-state index contributed by atoms with van der Waals surface area (Å²) in [7, 11) is 0. The van der Waals surface area contributed by atoms with Crippen molar-refractivity contribution in [1.29, 1.82) is 0 Å². The first-order chi connectivity index (χ1) is 11.6. The molecule has 0 spiro atoms. The van der Waals surface area contributed by atoms with Gasteiger partial charge >= 0.3 is 0 Å². The molecule has 2 aromatic rings. The van der Waals surface area contributed by atoms with E-state index in [1.165, 1.54) is 19.8 Å². The second kappa shape index (κ2) is 7.21. The highest BCUT2D eigenvalue weighted by atomic mass is 16.1. The van der Waals surface area contributed by atoms with E-state index in [1.807, 2.05) is 6.07 Å². The zero-order chi connectivity index (χ0) is 16.9. The van der Waals surface area contributed by atoms with Gasteiger partial charge in [0, 0.05) is 30.4 Å². The van der Waals surface area contributed by atoms with Gasteiger partial charge in [0.1, 0.15) is 11.6 Å². The molecule has 1 aromatic carbocycles. The average molecular weight is 324 g/mol. The quantitative estimate of drug-likeness (QED) is 0.854. The lowest BCUT2D eigenvalue weighted by Gasteiger charge is -2.16. The maximum Gasteiger partial charge on any atom is 0.251 e. The van der Waals surface area contributed by atoms with Crippen molar-refractivity contribution < 1.29 is 9.59 Å². The number of ketones is 1. The van der Waals surface area contributed by atoms with Crippen molar-refractivity contribution in [3.8, 4) is 0 Å². The topological polar surface area (TPSA) is 75.2 Å². The van der Waals surface area contributed by atoms with Crippen molar-refractivity contribution >= 4 is 17.5 Å². The lowest BCUT2D eigenvalue weighted by Crippen LogP contribution is -2.25. The largest absolute Gasteiger partial charge is 0.357 e. The highest BCUT2D eigenvalue weighted by molar-refractivity contribution is 5.97. The molecular weight excluding hydrogens is 304 g/mol. The van der Waals surface area contributed by atoms with Gasteiger partial charge in [-0.25, -0.2) is 9.97 Å². The predicted molar refractivity (Wildman–Crippen MR) is 91.1 cm³/mol. The third-order valence-electron chi connectivity index (χ3n) is 4.08. The van der Waals surface area contributed by atoms with Crippen molar-refractivity contribution in [2.45, 2.75) is 26.3 Å². The number of nitrogens with zero attached hydrogens (tertiary/aromatic N) is 3. The van der Waals surface area contributed by atoms with Crippen LogP contribution < -0.4 is 10.2 Å². The number of carbonyl (C=O) groups is 2. The van der Waals surface area contributed by atoms with Crippen LogP contribution in [0.1, 0.15) is 46.3 Å². The van der Waals surface area contributed by atoms with Gasteiger partial charge < -0.3 is 10.2 Å². The summed E-state index contributed by atoms with van der Waals surface area (Å²) in [6.45, 7) is 3.81. The van der Waals surface area contributed by atoms with Crippen LogP contribution in [0.3, 0.4) is 0 Å². The molecule has 0 atom stereocenters. The highest BCUT2D eigenvalue weighted by Crippen LogP contribution is 2.16. The Labute approximate surface area is 140 Å². The summed E-state index contributed by atoms with van der Waals surface area (Å²) in [6.07, 6.45) is 4.10. The molecule has 0 radical (unpaired) electrons. The fourth-order valence-corrected chi connectivity index (χ4v) is 2.71. The zero-order valence-corrected chi connectivity index (χ0v) is 13.7. The summed E-state index contributed by atoms with van der Waals surface area (Å²) in [5.41, 5.74) is 1.10. The number of Topliss-reactive ketones (excluding diaryl/α,β-unsaturated/α-hetero) is 1. The standard InChI is InChI=1S/C18H20N4O2/c1-13(23)14-4-6-15(7-5-14)18(24)20-12-16-19-9-8-17(21-16)22-10-2-3-11-22/h4-9H,2-3,10-12H2,1H3,(H,20,24). The van der Waals surface area contributed by atoms with E-state index in [0.717, 1.165) is 18.9 Å². The van der Waals surface area contributed by atoms with Crippen molar-refractivity contribution in [3.63, 3.8) is 0 Å². The van der Waals surface area contributed by atoms with Crippen LogP contribution in [0.15, 0.2) is 36.5 Å². The second-order valence-electron chi connectivity index (χ2n) is 5.84. The molecule has 0 unspecified atom stereocenters. The van der Waals surface area contributed by atoms with Crippen molar-refractivity contribution in [1.82, 2.24) is 15.3 Å². The van der Waals surface area contributed by atoms with Crippen LogP contribution in [0.25, 0.3) is 0 Å². The van der Waals surface area contributed by atoms with E-state index < -0.39 is 0 Å². The van der Waals surface area contributed by atoms with Gasteiger partial charge in [-0.1, -0.05) is 12.1 Å². The fourth-order valence-electron chi connectivity index (χ4n) is 2.71. The Morgan fingerprint density at radius 3 is 2.42 bits per heavy atom. The Bertz CT molecular complexity index is 737. The molecule has 1 amide bonds. The number of anilines is 1. The van der Waals surface area contributed by atoms with E-state index in [2.05, 4.69) is 20.2 Å². The Kier molecular flexibility index (Phi) is 4.84. The van der Waals surface area contributed by atoms with Gasteiger partial charge in [-0.2, -0.15) is 0 Å². The smallest absolute Gasteiger partial charge is 0.251 e. The monoisotopic (exact) mass is 324 g/mol. The van der Waals surface area contributed by atoms with Gasteiger partial charge in [-0.05, 0) is 38.0 Å². The normalized spacial score (nSPS) is 13.8. The molecular formula is C18H20N4O2. The summed E-state index contributed by atoms with van der Waals surface area (Å²) in [5, 5.41) is 2.81. The van der Waals surface area contributed by atoms with E-state index in [4.69, 9.17) is 0 Å². The van der Waals surface area contributed by atoms with Crippen molar-refractivity contribution in [2.24, 2.45) is 0 Å². The number of carbonyl (C=O) groups excluding carboxylic acids is 2. The molecule has 0 saturated carbocycles. The SMILES string of the molecule is CC(=O)c1ccc(C(=O)NCc2nccc(N3CCCC3)n2)cc1. The molecule has 24 heavy (non-hydrogen) atoms. The molecule has 3 rings (SSSR count). The lowest BCUT2D eigenvalue weighted by atomic mass is 10.1. The van der Waals surface area contributed by atoms with Crippen LogP contribution in [0.2, 0.25) is 0 Å².